The summed E-state index contributed by atoms with van der Waals surface area (Å²) in [6.07, 6.45) is 46.1. The summed E-state index contributed by atoms with van der Waals surface area (Å²) in [5, 5.41) is 20.4. The van der Waals surface area contributed by atoms with Gasteiger partial charge in [-0.25, -0.2) is 0 Å². The minimum Gasteiger partial charge on any atom is -0.357 e. The van der Waals surface area contributed by atoms with Crippen molar-refractivity contribution in [3.8, 4) is 0 Å². The fourth-order valence-electron chi connectivity index (χ4n) is 11.0. The van der Waals surface area contributed by atoms with Crippen LogP contribution in [-0.2, 0) is 12.8 Å². The Morgan fingerprint density at radius 2 is 0.711 bits per heavy atom. The van der Waals surface area contributed by atoms with Gasteiger partial charge in [-0.15, -0.1) is 0 Å². The van der Waals surface area contributed by atoms with Gasteiger partial charge in [-0.2, -0.15) is 0 Å². The van der Waals surface area contributed by atoms with Crippen LogP contribution in [0.1, 0.15) is 334 Å². The summed E-state index contributed by atoms with van der Waals surface area (Å²) in [5.41, 5.74) is 15.2. The molecule has 0 spiro atoms. The average molecular weight is 1390 g/mol. The lowest BCUT2D eigenvalue weighted by molar-refractivity contribution is -0.900. The summed E-state index contributed by atoms with van der Waals surface area (Å²) in [4.78, 5) is 1.84. The average Bonchev–Trinajstić information content (AvgIpc) is 1.42. The fraction of sp³-hybridized carbons (Fsp3) is 0.859. The molecule has 2 aromatic rings. The lowest BCUT2D eigenvalue weighted by Gasteiger charge is -2.23. The van der Waals surface area contributed by atoms with Crippen LogP contribution in [0.3, 0.4) is 0 Å². The van der Waals surface area contributed by atoms with Crippen LogP contribution in [0, 0.1) is 11.3 Å². The van der Waals surface area contributed by atoms with Crippen LogP contribution >= 0.6 is 0 Å². The number of nitrogens with one attached hydrogen (secondary N) is 1. The van der Waals surface area contributed by atoms with Crippen molar-refractivity contribution in [2.75, 3.05) is 134 Å². The Bertz CT molecular complexity index is 1430. The Hall–Kier alpha value is -2.04. The van der Waals surface area contributed by atoms with Gasteiger partial charge in [0, 0.05) is 18.1 Å². The van der Waals surface area contributed by atoms with E-state index in [2.05, 4.69) is 262 Å². The Morgan fingerprint density at radius 3 is 1.03 bits per heavy atom. The Labute approximate surface area is 613 Å². The SMILES string of the molecule is CCCC(CCC)C[NH2+]C.CCCC(C[NH3+])(C[NH3+])C[NH2+]C.CCCCC.CCCCCCC.CCCCC[NH2+]CC.CCCC[NH+](CCCC)CCCC.CCCC[NH2+]CCCC.CCCC[NH2+]CCCCC[NH2+]C.CCc1cc([NH2+]C)cc([NH2+]C)c1.CCc1ccc([NH2+]C)cc1. The number of benzene rings is 2. The maximum Gasteiger partial charge on any atom is 0.135 e. The van der Waals surface area contributed by atoms with Crippen LogP contribution in [0.5, 0.6) is 0 Å². The molecule has 0 aliphatic heterocycles. The second kappa shape index (κ2) is 103. The summed E-state index contributed by atoms with van der Waals surface area (Å²) in [5.74, 6) is 0.972. The molecule has 2 aromatic carbocycles. The van der Waals surface area contributed by atoms with Gasteiger partial charge in [-0.3, -0.25) is 0 Å². The highest BCUT2D eigenvalue weighted by molar-refractivity contribution is 5.45. The molecule has 97 heavy (non-hydrogen) atoms. The highest BCUT2D eigenvalue weighted by Gasteiger charge is 2.32. The van der Waals surface area contributed by atoms with Gasteiger partial charge >= 0.3 is 0 Å². The lowest BCUT2D eigenvalue weighted by Crippen LogP contribution is -3.12. The van der Waals surface area contributed by atoms with Crippen molar-refractivity contribution in [2.24, 2.45) is 11.3 Å². The molecule has 0 atom stereocenters. The van der Waals surface area contributed by atoms with E-state index >= 15 is 0 Å². The molecule has 25 N–H and O–H groups in total. The van der Waals surface area contributed by atoms with Crippen molar-refractivity contribution >= 4 is 17.1 Å². The summed E-state index contributed by atoms with van der Waals surface area (Å²) >= 11 is 0. The molecule has 0 fully saturated rings. The Balaban J connectivity index is -0.000000152. The van der Waals surface area contributed by atoms with Gasteiger partial charge in [0.15, 0.2) is 0 Å². The van der Waals surface area contributed by atoms with E-state index < -0.39 is 0 Å². The van der Waals surface area contributed by atoms with Crippen LogP contribution in [-0.4, -0.2) is 134 Å². The minimum atomic E-state index is 0.406. The quantitative estimate of drug-likeness (QED) is 0.0222. The molecular formula is C85H198N12+12. The van der Waals surface area contributed by atoms with E-state index in [4.69, 9.17) is 0 Å². The predicted octanol–water partition coefficient (Wildman–Crippen LogP) is 8.89. The Kier molecular flexibility index (Phi) is 117. The van der Waals surface area contributed by atoms with Crippen LogP contribution in [0.25, 0.3) is 0 Å². The summed E-state index contributed by atoms with van der Waals surface area (Å²) in [6.45, 7) is 56.0. The summed E-state index contributed by atoms with van der Waals surface area (Å²) in [6, 6.07) is 15.3. The van der Waals surface area contributed by atoms with Gasteiger partial charge in [0.1, 0.15) is 22.5 Å². The Morgan fingerprint density at radius 1 is 0.340 bits per heavy atom. The van der Waals surface area contributed by atoms with Gasteiger partial charge in [-0.05, 0) is 133 Å². The number of aryl methyl sites for hydroxylation is 2. The van der Waals surface area contributed by atoms with Crippen molar-refractivity contribution in [3.63, 3.8) is 0 Å². The first-order chi connectivity index (χ1) is 47.2. The molecular weight excluding hydrogens is 1190 g/mol. The largest absolute Gasteiger partial charge is 0.357 e. The summed E-state index contributed by atoms with van der Waals surface area (Å²) < 4.78 is 0. The molecule has 0 amide bonds. The van der Waals surface area contributed by atoms with E-state index in [0.717, 1.165) is 31.8 Å². The van der Waals surface area contributed by atoms with Crippen LogP contribution in [0.4, 0.5) is 17.1 Å². The first kappa shape index (κ1) is 111. The molecule has 12 nitrogen and oxygen atoms in total. The molecule has 0 radical (unpaired) electrons. The van der Waals surface area contributed by atoms with E-state index in [1.54, 1.807) is 0 Å². The highest BCUT2D eigenvalue weighted by atomic mass is 15.1. The van der Waals surface area contributed by atoms with Crippen LogP contribution < -0.4 is 64.2 Å². The molecule has 2 rings (SSSR count). The normalized spacial score (nSPS) is 10.4. The van der Waals surface area contributed by atoms with Crippen molar-refractivity contribution < 1.29 is 64.2 Å². The van der Waals surface area contributed by atoms with Crippen molar-refractivity contribution in [3.05, 3.63) is 53.6 Å². The molecule has 0 aromatic heterocycles. The summed E-state index contributed by atoms with van der Waals surface area (Å²) in [7, 11) is 12.6. The van der Waals surface area contributed by atoms with Gasteiger partial charge in [0.05, 0.1) is 140 Å². The standard InChI is InChI=1S/C12H27N.C10H16N2.C10H24N2.C9H13N.C9H21N.C8H21N3.C8H19N.C7H17N.C7H16.C5H12/c1-4-7-10-13(11-8-5-2)12-9-6-3;1-4-8-5-9(11-2)7-10(6-8)12-3;1-3-4-9-12-10-7-5-6-8-11-2;1-3-8-4-6-9(10-2)7-5-8;1-4-6-9(7-5-2)8-10-3;1-3-4-8(5-9,6-10)7-11-2;1-3-5-7-9-8-6-4-2;1-3-5-6-7-8-4-2;1-3-5-7-6-4-2;1-3-5-4-2/h4-12H2,1-3H3;5-7,11-12H,4H2,1-3H3;11-12H,3-10H2,1-2H3;4-7,10H,3H2,1-2H3;9-10H,4-8H2,1-3H3;11H,3-7,9-10H2,1-2H3;9H,3-8H2,1-2H3;8H,3-7H2,1-2H3;3-7H2,1-2H3;3-5H2,1-2H3/p+12. The van der Waals surface area contributed by atoms with E-state index in [-0.39, 0.29) is 0 Å². The molecule has 0 bridgehead atoms. The number of rotatable bonds is 52. The maximum atomic E-state index is 4.01. The minimum absolute atomic E-state index is 0.406. The first-order valence-corrected chi connectivity index (χ1v) is 43.0. The number of quaternary nitrogens is 12. The zero-order valence-corrected chi connectivity index (χ0v) is 71.7. The van der Waals surface area contributed by atoms with Crippen LogP contribution in [0.2, 0.25) is 0 Å². The number of hydrogen-bond acceptors (Lipinski definition) is 0. The molecule has 0 aliphatic rings. The zero-order valence-electron chi connectivity index (χ0n) is 71.7. The third-order valence-electron chi connectivity index (χ3n) is 17.8. The van der Waals surface area contributed by atoms with E-state index in [9.17, 15) is 0 Å². The van der Waals surface area contributed by atoms with Gasteiger partial charge < -0.3 is 64.2 Å². The van der Waals surface area contributed by atoms with E-state index in [0.29, 0.717) is 5.41 Å². The number of nitrogens with two attached hydrogens (primary N) is 9. The van der Waals surface area contributed by atoms with Crippen molar-refractivity contribution in [1.29, 1.82) is 0 Å². The van der Waals surface area contributed by atoms with Gasteiger partial charge in [0.25, 0.3) is 0 Å². The van der Waals surface area contributed by atoms with Crippen LogP contribution in [0.15, 0.2) is 42.5 Å². The van der Waals surface area contributed by atoms with E-state index in [1.165, 1.54) is 312 Å². The monoisotopic (exact) mass is 1390 g/mol. The van der Waals surface area contributed by atoms with Gasteiger partial charge in [-0.1, -0.05) is 238 Å². The topological polar surface area (TPSA) is 209 Å². The fourth-order valence-corrected chi connectivity index (χ4v) is 11.0. The molecule has 0 aliphatic carbocycles. The number of hydrogen-bond donors (Lipinski definition) is 12. The molecule has 0 saturated heterocycles. The predicted molar refractivity (Wildman–Crippen MR) is 437 cm³/mol. The highest BCUT2D eigenvalue weighted by Crippen LogP contribution is 2.17. The molecule has 0 unspecified atom stereocenters. The van der Waals surface area contributed by atoms with Gasteiger partial charge in [0.2, 0.25) is 0 Å². The molecule has 0 saturated carbocycles. The molecule has 0 heterocycles. The van der Waals surface area contributed by atoms with Crippen molar-refractivity contribution in [2.45, 2.75) is 336 Å². The molecule has 12 heteroatoms. The smallest absolute Gasteiger partial charge is 0.135 e. The zero-order chi connectivity index (χ0) is 74.8. The third-order valence-corrected chi connectivity index (χ3v) is 17.8. The van der Waals surface area contributed by atoms with Crippen molar-refractivity contribution in [1.82, 2.24) is 0 Å². The molecule has 586 valence electrons. The second-order valence-electron chi connectivity index (χ2n) is 27.5. The van der Waals surface area contributed by atoms with E-state index in [1.807, 2.05) is 4.90 Å². The lowest BCUT2D eigenvalue weighted by atomic mass is 9.83. The first-order valence-electron chi connectivity index (χ1n) is 43.0. The number of unbranched alkanes of at least 4 members (excludes halogenated alkanes) is 16. The second-order valence-corrected chi connectivity index (χ2v) is 27.5. The maximum absolute atomic E-state index is 4.01. The third kappa shape index (κ3) is 96.0.